The normalized spacial score (nSPS) is 25.9. The molecule has 0 aromatic heterocycles. The molecule has 0 radical (unpaired) electrons. The Morgan fingerprint density at radius 2 is 2.20 bits per heavy atom. The van der Waals surface area contributed by atoms with Gasteiger partial charge in [0, 0.05) is 19.7 Å². The Morgan fingerprint density at radius 1 is 1.45 bits per heavy atom. The highest BCUT2D eigenvalue weighted by atomic mass is 127. The van der Waals surface area contributed by atoms with Crippen molar-refractivity contribution in [1.82, 2.24) is 10.2 Å². The van der Waals surface area contributed by atoms with E-state index in [2.05, 4.69) is 22.1 Å². The number of nitrogens with two attached hydrogens (primary N) is 1. The fraction of sp³-hybridized carbons (Fsp3) is 0.929. The Hall–Kier alpha value is -0.0800. The predicted octanol–water partition coefficient (Wildman–Crippen LogP) is 1.56. The van der Waals surface area contributed by atoms with Crippen LogP contribution >= 0.6 is 24.0 Å². The van der Waals surface area contributed by atoms with Gasteiger partial charge in [-0.05, 0) is 45.2 Å². The zero-order valence-electron chi connectivity index (χ0n) is 12.7. The van der Waals surface area contributed by atoms with E-state index in [0.717, 1.165) is 25.9 Å². The summed E-state index contributed by atoms with van der Waals surface area (Å²) in [6.07, 6.45) is 6.00. The number of nitrogens with one attached hydrogen (secondary N) is 1. The molecule has 5 nitrogen and oxygen atoms in total. The van der Waals surface area contributed by atoms with Gasteiger partial charge in [0.25, 0.3) is 0 Å². The number of rotatable bonds is 6. The summed E-state index contributed by atoms with van der Waals surface area (Å²) in [6, 6.07) is 0.610. The summed E-state index contributed by atoms with van der Waals surface area (Å²) < 4.78 is 5.54. The van der Waals surface area contributed by atoms with Crippen molar-refractivity contribution in [1.29, 1.82) is 0 Å². The third-order valence-corrected chi connectivity index (χ3v) is 4.66. The molecule has 20 heavy (non-hydrogen) atoms. The van der Waals surface area contributed by atoms with E-state index in [0.29, 0.717) is 18.5 Å². The number of nitrogens with zero attached hydrogens (tertiary/aromatic N) is 2. The van der Waals surface area contributed by atoms with Crippen LogP contribution in [0.5, 0.6) is 0 Å². The van der Waals surface area contributed by atoms with E-state index in [1.165, 1.54) is 25.8 Å². The third kappa shape index (κ3) is 4.46. The maximum absolute atomic E-state index is 5.94. The van der Waals surface area contributed by atoms with E-state index in [4.69, 9.17) is 10.5 Å². The minimum Gasteiger partial charge on any atom is -0.376 e. The van der Waals surface area contributed by atoms with E-state index < -0.39 is 0 Å². The molecule has 0 aromatic carbocycles. The molecular formula is C14H29IN4O. The van der Waals surface area contributed by atoms with Gasteiger partial charge in [-0.25, -0.2) is 0 Å². The number of hydrogen-bond acceptors (Lipinski definition) is 3. The van der Waals surface area contributed by atoms with Gasteiger partial charge in [0.2, 0.25) is 0 Å². The molecule has 1 saturated heterocycles. The molecule has 2 aliphatic rings. The average Bonchev–Trinajstić information content (AvgIpc) is 2.83. The number of likely N-dealkylation sites (tertiary alicyclic amines) is 1. The van der Waals surface area contributed by atoms with Gasteiger partial charge < -0.3 is 15.8 Å². The summed E-state index contributed by atoms with van der Waals surface area (Å²) in [6.45, 7) is 6.14. The van der Waals surface area contributed by atoms with Crippen LogP contribution in [0.2, 0.25) is 0 Å². The van der Waals surface area contributed by atoms with Crippen molar-refractivity contribution in [2.45, 2.75) is 50.7 Å². The van der Waals surface area contributed by atoms with Crippen LogP contribution in [-0.2, 0) is 4.74 Å². The van der Waals surface area contributed by atoms with Gasteiger partial charge in [0.1, 0.15) is 0 Å². The summed E-state index contributed by atoms with van der Waals surface area (Å²) in [5.41, 5.74) is 5.91. The average molecular weight is 396 g/mol. The van der Waals surface area contributed by atoms with Crippen molar-refractivity contribution >= 4 is 29.9 Å². The minimum atomic E-state index is -0.0326. The number of hydrogen-bond donors (Lipinski definition) is 2. The molecule has 1 aliphatic carbocycles. The van der Waals surface area contributed by atoms with Gasteiger partial charge in [0.05, 0.1) is 12.1 Å². The highest BCUT2D eigenvalue weighted by Crippen LogP contribution is 2.35. The van der Waals surface area contributed by atoms with Crippen LogP contribution in [-0.4, -0.2) is 55.8 Å². The molecule has 6 heteroatoms. The lowest BCUT2D eigenvalue weighted by Crippen LogP contribution is -2.45. The lowest BCUT2D eigenvalue weighted by molar-refractivity contribution is -0.0630. The maximum atomic E-state index is 5.94. The zero-order valence-corrected chi connectivity index (χ0v) is 15.1. The molecule has 1 unspecified atom stereocenters. The number of likely N-dealkylation sites (N-methyl/N-ethyl adjacent to an activating group) is 1. The van der Waals surface area contributed by atoms with Crippen LogP contribution in [0.15, 0.2) is 4.99 Å². The van der Waals surface area contributed by atoms with Crippen molar-refractivity contribution < 1.29 is 4.74 Å². The molecule has 3 N–H and O–H groups in total. The summed E-state index contributed by atoms with van der Waals surface area (Å²) in [5, 5.41) is 3.26. The smallest absolute Gasteiger partial charge is 0.188 e. The molecule has 0 aromatic rings. The first-order valence-corrected chi connectivity index (χ1v) is 7.52. The van der Waals surface area contributed by atoms with Crippen LogP contribution in [0.3, 0.4) is 0 Å². The first-order chi connectivity index (χ1) is 9.19. The molecule has 2 fully saturated rings. The Bertz CT molecular complexity index is 315. The molecule has 1 saturated carbocycles. The highest BCUT2D eigenvalue weighted by molar-refractivity contribution is 14.0. The van der Waals surface area contributed by atoms with Gasteiger partial charge in [-0.2, -0.15) is 0 Å². The van der Waals surface area contributed by atoms with Gasteiger partial charge in [0.15, 0.2) is 5.96 Å². The lowest BCUT2D eigenvalue weighted by Gasteiger charge is -2.39. The van der Waals surface area contributed by atoms with E-state index in [1.807, 2.05) is 0 Å². The van der Waals surface area contributed by atoms with Gasteiger partial charge in [-0.1, -0.05) is 6.92 Å². The van der Waals surface area contributed by atoms with Gasteiger partial charge >= 0.3 is 0 Å². The molecule has 1 atom stereocenters. The second-order valence-corrected chi connectivity index (χ2v) is 5.75. The van der Waals surface area contributed by atoms with Gasteiger partial charge in [-0.15, -0.1) is 24.0 Å². The molecule has 2 rings (SSSR count). The first-order valence-electron chi connectivity index (χ1n) is 7.52. The van der Waals surface area contributed by atoms with Crippen LogP contribution in [0, 0.1) is 0 Å². The number of halogens is 1. The largest absolute Gasteiger partial charge is 0.376 e. The number of guanidine groups is 1. The molecule has 118 valence electrons. The summed E-state index contributed by atoms with van der Waals surface area (Å²) in [7, 11) is 1.77. The molecule has 0 spiro atoms. The van der Waals surface area contributed by atoms with Crippen molar-refractivity contribution in [2.24, 2.45) is 10.7 Å². The first kappa shape index (κ1) is 18.0. The van der Waals surface area contributed by atoms with Crippen molar-refractivity contribution in [3.8, 4) is 0 Å². The lowest BCUT2D eigenvalue weighted by atomic mass is 9.80. The van der Waals surface area contributed by atoms with E-state index in [-0.39, 0.29) is 29.6 Å². The monoisotopic (exact) mass is 396 g/mol. The Kier molecular flexibility index (Phi) is 7.53. The Labute approximate surface area is 139 Å². The fourth-order valence-corrected chi connectivity index (χ4v) is 3.05. The number of aliphatic imine (C=N–C) groups is 1. The minimum absolute atomic E-state index is 0. The number of methoxy groups -OCH3 is 1. The molecule has 1 aliphatic heterocycles. The third-order valence-electron chi connectivity index (χ3n) is 4.66. The standard InChI is InChI=1S/C14H28N4O.HI/c1-3-18-9-4-6-12(18)10-16-13(15)17-11-14(19-2)7-5-8-14;/h12H,3-11H2,1-2H3,(H3,15,16,17);1H. The Balaban J connectivity index is 0.00000200. The quantitative estimate of drug-likeness (QED) is 0.407. The number of ether oxygens (including phenoxy) is 1. The van der Waals surface area contributed by atoms with Crippen molar-refractivity contribution in [2.75, 3.05) is 33.3 Å². The zero-order chi connectivity index (χ0) is 13.7. The highest BCUT2D eigenvalue weighted by Gasteiger charge is 2.36. The predicted molar refractivity (Wildman–Crippen MR) is 93.8 cm³/mol. The summed E-state index contributed by atoms with van der Waals surface area (Å²) in [5.74, 6) is 0.561. The second kappa shape index (κ2) is 8.38. The van der Waals surface area contributed by atoms with Gasteiger partial charge in [-0.3, -0.25) is 9.89 Å². The van der Waals surface area contributed by atoms with Crippen molar-refractivity contribution in [3.63, 3.8) is 0 Å². The molecule has 1 heterocycles. The maximum Gasteiger partial charge on any atom is 0.188 e. The fourth-order valence-electron chi connectivity index (χ4n) is 3.05. The van der Waals surface area contributed by atoms with Crippen LogP contribution < -0.4 is 11.1 Å². The second-order valence-electron chi connectivity index (χ2n) is 5.75. The SMILES string of the molecule is CCN1CCCC1CNC(N)=NCC1(OC)CCC1.I. The molecular weight excluding hydrogens is 367 g/mol. The topological polar surface area (TPSA) is 62.9 Å². The molecule has 0 bridgehead atoms. The Morgan fingerprint density at radius 3 is 2.75 bits per heavy atom. The van der Waals surface area contributed by atoms with Crippen LogP contribution in [0.1, 0.15) is 39.0 Å². The summed E-state index contributed by atoms with van der Waals surface area (Å²) >= 11 is 0. The molecule has 0 amide bonds. The van der Waals surface area contributed by atoms with Crippen LogP contribution in [0.25, 0.3) is 0 Å². The van der Waals surface area contributed by atoms with E-state index in [1.54, 1.807) is 7.11 Å². The van der Waals surface area contributed by atoms with E-state index in [9.17, 15) is 0 Å². The van der Waals surface area contributed by atoms with Crippen molar-refractivity contribution in [3.05, 3.63) is 0 Å². The van der Waals surface area contributed by atoms with E-state index >= 15 is 0 Å². The van der Waals surface area contributed by atoms with Crippen LogP contribution in [0.4, 0.5) is 0 Å². The summed E-state index contributed by atoms with van der Waals surface area (Å²) in [4.78, 5) is 6.94.